The van der Waals surface area contributed by atoms with Crippen LogP contribution in [0.5, 0.6) is 0 Å². The van der Waals surface area contributed by atoms with Crippen LogP contribution in [-0.2, 0) is 4.79 Å². The number of ketones is 1. The van der Waals surface area contributed by atoms with Crippen LogP contribution in [0.3, 0.4) is 0 Å². The molecule has 1 aromatic heterocycles. The van der Waals surface area contributed by atoms with Crippen LogP contribution >= 0.6 is 23.2 Å². The van der Waals surface area contributed by atoms with Gasteiger partial charge in [0, 0.05) is 33.3 Å². The van der Waals surface area contributed by atoms with Crippen LogP contribution in [-0.4, -0.2) is 17.1 Å². The zero-order chi connectivity index (χ0) is 18.1. The zero-order valence-electron chi connectivity index (χ0n) is 13.6. The van der Waals surface area contributed by atoms with Gasteiger partial charge in [0.25, 0.3) is 0 Å². The van der Waals surface area contributed by atoms with Gasteiger partial charge in [0.1, 0.15) is 11.0 Å². The van der Waals surface area contributed by atoms with Crippen molar-refractivity contribution in [2.75, 3.05) is 5.32 Å². The van der Waals surface area contributed by atoms with Gasteiger partial charge < -0.3 is 9.73 Å². The predicted octanol–water partition coefficient (Wildman–Crippen LogP) is 5.19. The van der Waals surface area contributed by atoms with Crippen LogP contribution in [0.1, 0.15) is 28.6 Å². The summed E-state index contributed by atoms with van der Waals surface area (Å²) < 4.78 is 5.76. The van der Waals surface area contributed by atoms with Crippen molar-refractivity contribution in [1.82, 2.24) is 0 Å². The van der Waals surface area contributed by atoms with E-state index < -0.39 is 5.38 Å². The number of anilines is 1. The summed E-state index contributed by atoms with van der Waals surface area (Å²) in [5.74, 6) is -0.251. The van der Waals surface area contributed by atoms with E-state index >= 15 is 0 Å². The fourth-order valence-electron chi connectivity index (χ4n) is 2.49. The van der Waals surface area contributed by atoms with Crippen LogP contribution in [0.15, 0.2) is 46.9 Å². The molecule has 0 aliphatic heterocycles. The number of aryl methyl sites for hydroxylation is 1. The molecule has 2 aromatic carbocycles. The summed E-state index contributed by atoms with van der Waals surface area (Å²) in [4.78, 5) is 24.4. The number of carbonyl (C=O) groups excluding carboxylic acids is 2. The first-order chi connectivity index (χ1) is 11.9. The lowest BCUT2D eigenvalue weighted by molar-refractivity contribution is -0.115. The zero-order valence-corrected chi connectivity index (χ0v) is 15.1. The number of nitrogens with one attached hydrogen (secondary N) is 1. The number of hydrogen-bond donors (Lipinski definition) is 1. The van der Waals surface area contributed by atoms with Gasteiger partial charge in [0.2, 0.25) is 11.7 Å². The van der Waals surface area contributed by atoms with Crippen molar-refractivity contribution in [2.24, 2.45) is 0 Å². The quantitative estimate of drug-likeness (QED) is 0.504. The monoisotopic (exact) mass is 375 g/mol. The van der Waals surface area contributed by atoms with Gasteiger partial charge in [0.15, 0.2) is 5.76 Å². The van der Waals surface area contributed by atoms with Crippen LogP contribution in [0.25, 0.3) is 11.0 Å². The largest absolute Gasteiger partial charge is 0.452 e. The number of carbonyl (C=O) groups is 2. The molecule has 6 heteroatoms. The fraction of sp³-hybridized carbons (Fsp3) is 0.158. The highest BCUT2D eigenvalue weighted by atomic mass is 35.5. The number of furan rings is 1. The number of alkyl halides is 1. The molecule has 0 spiro atoms. The molecular formula is C19H15Cl2NO3. The lowest BCUT2D eigenvalue weighted by Crippen LogP contribution is -2.20. The molecule has 1 atom stereocenters. The van der Waals surface area contributed by atoms with Crippen molar-refractivity contribution in [2.45, 2.75) is 19.2 Å². The van der Waals surface area contributed by atoms with Gasteiger partial charge in [-0.25, -0.2) is 0 Å². The van der Waals surface area contributed by atoms with Gasteiger partial charge in [-0.05, 0) is 50.2 Å². The molecular weight excluding hydrogens is 361 g/mol. The third-order valence-electron chi connectivity index (χ3n) is 3.88. The molecule has 0 saturated heterocycles. The number of rotatable bonds is 4. The minimum absolute atomic E-state index is 0.217. The number of hydrogen-bond acceptors (Lipinski definition) is 3. The lowest BCUT2D eigenvalue weighted by atomic mass is 10.0. The molecule has 1 heterocycles. The first-order valence-electron chi connectivity index (χ1n) is 7.65. The normalized spacial score (nSPS) is 12.2. The van der Waals surface area contributed by atoms with E-state index in [1.54, 1.807) is 49.4 Å². The highest BCUT2D eigenvalue weighted by molar-refractivity contribution is 6.32. The maximum absolute atomic E-state index is 12.7. The first-order valence-corrected chi connectivity index (χ1v) is 8.46. The van der Waals surface area contributed by atoms with Crippen LogP contribution in [0, 0.1) is 6.92 Å². The van der Waals surface area contributed by atoms with Crippen molar-refractivity contribution in [3.05, 3.63) is 64.4 Å². The lowest BCUT2D eigenvalue weighted by Gasteiger charge is -2.05. The van der Waals surface area contributed by atoms with Gasteiger partial charge in [-0.3, -0.25) is 9.59 Å². The summed E-state index contributed by atoms with van der Waals surface area (Å²) in [6.45, 7) is 3.42. The highest BCUT2D eigenvalue weighted by Crippen LogP contribution is 2.29. The van der Waals surface area contributed by atoms with Crippen LogP contribution in [0.2, 0.25) is 5.02 Å². The van der Waals surface area contributed by atoms with E-state index in [0.717, 1.165) is 10.9 Å². The Morgan fingerprint density at radius 3 is 2.44 bits per heavy atom. The second kappa shape index (κ2) is 6.90. The van der Waals surface area contributed by atoms with E-state index in [4.69, 9.17) is 27.6 Å². The molecule has 0 saturated carbocycles. The van der Waals surface area contributed by atoms with Gasteiger partial charge in [-0.1, -0.05) is 11.6 Å². The fourth-order valence-corrected chi connectivity index (χ4v) is 2.67. The Morgan fingerprint density at radius 1 is 1.12 bits per heavy atom. The van der Waals surface area contributed by atoms with E-state index in [-0.39, 0.29) is 17.5 Å². The molecule has 0 radical (unpaired) electrons. The smallest absolute Gasteiger partial charge is 0.242 e. The number of benzene rings is 2. The molecule has 3 aromatic rings. The van der Waals surface area contributed by atoms with Gasteiger partial charge >= 0.3 is 0 Å². The van der Waals surface area contributed by atoms with Gasteiger partial charge in [-0.15, -0.1) is 11.6 Å². The third kappa shape index (κ3) is 3.55. The first kappa shape index (κ1) is 17.5. The number of amides is 1. The molecule has 0 bridgehead atoms. The molecule has 4 nitrogen and oxygen atoms in total. The van der Waals surface area contributed by atoms with E-state index in [2.05, 4.69) is 5.32 Å². The minimum Gasteiger partial charge on any atom is -0.452 e. The molecule has 3 rings (SSSR count). The molecule has 1 amide bonds. The Kier molecular flexibility index (Phi) is 4.84. The van der Waals surface area contributed by atoms with E-state index in [0.29, 0.717) is 21.9 Å². The number of fused-ring (bicyclic) bond motifs is 1. The van der Waals surface area contributed by atoms with Crippen molar-refractivity contribution >= 4 is 51.5 Å². The maximum Gasteiger partial charge on any atom is 0.242 e. The summed E-state index contributed by atoms with van der Waals surface area (Å²) in [6, 6.07) is 11.9. The summed E-state index contributed by atoms with van der Waals surface area (Å²) >= 11 is 11.6. The van der Waals surface area contributed by atoms with Crippen molar-refractivity contribution < 1.29 is 14.0 Å². The Labute approximate surface area is 154 Å². The average Bonchev–Trinajstić information content (AvgIpc) is 2.91. The topological polar surface area (TPSA) is 59.3 Å². The van der Waals surface area contributed by atoms with Crippen molar-refractivity contribution in [3.8, 4) is 0 Å². The SMILES string of the molecule is Cc1c(C(=O)c2ccc(Cl)cc2)oc2cc(NC(=O)C(C)Cl)ccc12. The second-order valence-electron chi connectivity index (χ2n) is 5.71. The second-order valence-corrected chi connectivity index (χ2v) is 6.80. The molecule has 128 valence electrons. The van der Waals surface area contributed by atoms with E-state index in [1.165, 1.54) is 0 Å². The highest BCUT2D eigenvalue weighted by Gasteiger charge is 2.20. The minimum atomic E-state index is -0.643. The van der Waals surface area contributed by atoms with E-state index in [1.807, 2.05) is 6.92 Å². The summed E-state index contributed by atoms with van der Waals surface area (Å²) in [5, 5.41) is 3.43. The Morgan fingerprint density at radius 2 is 1.80 bits per heavy atom. The Hall–Kier alpha value is -2.30. The van der Waals surface area contributed by atoms with Gasteiger partial charge in [0.05, 0.1) is 0 Å². The standard InChI is InChI=1S/C19H15Cl2NO3/c1-10-15-8-7-14(22-19(24)11(2)20)9-16(15)25-18(10)17(23)12-3-5-13(21)6-4-12/h3-9,11H,1-2H3,(H,22,24). The Balaban J connectivity index is 1.97. The number of halogens is 2. The van der Waals surface area contributed by atoms with Crippen LogP contribution in [0.4, 0.5) is 5.69 Å². The van der Waals surface area contributed by atoms with Crippen LogP contribution < -0.4 is 5.32 Å². The molecule has 25 heavy (non-hydrogen) atoms. The molecule has 1 N–H and O–H groups in total. The van der Waals surface area contributed by atoms with E-state index in [9.17, 15) is 9.59 Å². The molecule has 0 fully saturated rings. The average molecular weight is 376 g/mol. The molecule has 0 aliphatic carbocycles. The van der Waals surface area contributed by atoms with Gasteiger partial charge in [-0.2, -0.15) is 0 Å². The summed E-state index contributed by atoms with van der Waals surface area (Å²) in [6.07, 6.45) is 0. The van der Waals surface area contributed by atoms with Crippen molar-refractivity contribution in [1.29, 1.82) is 0 Å². The molecule has 1 unspecified atom stereocenters. The third-order valence-corrected chi connectivity index (χ3v) is 4.33. The predicted molar refractivity (Wildman–Crippen MR) is 99.8 cm³/mol. The molecule has 0 aliphatic rings. The summed E-state index contributed by atoms with van der Waals surface area (Å²) in [7, 11) is 0. The maximum atomic E-state index is 12.7. The summed E-state index contributed by atoms with van der Waals surface area (Å²) in [5.41, 5.74) is 2.33. The Bertz CT molecular complexity index is 959. The van der Waals surface area contributed by atoms with Crippen molar-refractivity contribution in [3.63, 3.8) is 0 Å².